The zero-order valence-corrected chi connectivity index (χ0v) is 19.2. The van der Waals surface area contributed by atoms with E-state index in [0.717, 1.165) is 5.56 Å². The molecule has 0 saturated carbocycles. The average molecular weight is 473 g/mol. The van der Waals surface area contributed by atoms with E-state index in [-0.39, 0.29) is 35.5 Å². The number of piperazine rings is 1. The quantitative estimate of drug-likeness (QED) is 0.592. The normalized spacial score (nSPS) is 16.5. The van der Waals surface area contributed by atoms with Crippen molar-refractivity contribution in [3.63, 3.8) is 0 Å². The Morgan fingerprint density at radius 2 is 1.67 bits per heavy atom. The molecule has 174 valence electrons. The fourth-order valence-corrected chi connectivity index (χ4v) is 5.79. The maximum Gasteiger partial charge on any atom is 0.248 e. The van der Waals surface area contributed by atoms with Gasteiger partial charge in [0.1, 0.15) is 22.4 Å². The SMILES string of the molecule is Cc1noc(C)c1S(=O)(=O)N1CCN([C@@H](C(=O)Nc2ccc(F)cc2)c2ccccc2)CC1. The smallest absolute Gasteiger partial charge is 0.248 e. The molecular weight excluding hydrogens is 447 g/mol. The van der Waals surface area contributed by atoms with E-state index in [0.29, 0.717) is 24.5 Å². The molecule has 0 radical (unpaired) electrons. The second-order valence-corrected chi connectivity index (χ2v) is 9.78. The molecule has 1 aliphatic rings. The number of nitrogens with one attached hydrogen (secondary N) is 1. The summed E-state index contributed by atoms with van der Waals surface area (Å²) < 4.78 is 46.0. The highest BCUT2D eigenvalue weighted by Crippen LogP contribution is 2.28. The molecule has 2 heterocycles. The number of benzene rings is 2. The summed E-state index contributed by atoms with van der Waals surface area (Å²) in [5.41, 5.74) is 1.61. The highest BCUT2D eigenvalue weighted by atomic mass is 32.2. The molecule has 1 amide bonds. The van der Waals surface area contributed by atoms with Crippen LogP contribution in [0, 0.1) is 19.7 Å². The number of sulfonamides is 1. The molecule has 1 N–H and O–H groups in total. The van der Waals surface area contributed by atoms with Crippen LogP contribution in [0.2, 0.25) is 0 Å². The summed E-state index contributed by atoms with van der Waals surface area (Å²) in [5, 5.41) is 6.60. The third-order valence-electron chi connectivity index (χ3n) is 5.68. The van der Waals surface area contributed by atoms with Crippen LogP contribution in [0.25, 0.3) is 0 Å². The second-order valence-electron chi connectivity index (χ2n) is 7.90. The van der Waals surface area contributed by atoms with Crippen LogP contribution in [0.15, 0.2) is 64.0 Å². The third kappa shape index (κ3) is 4.82. The number of nitrogens with zero attached hydrogens (tertiary/aromatic N) is 3. The molecule has 8 nitrogen and oxygen atoms in total. The van der Waals surface area contributed by atoms with E-state index in [9.17, 15) is 17.6 Å². The van der Waals surface area contributed by atoms with Crippen LogP contribution in [0.5, 0.6) is 0 Å². The van der Waals surface area contributed by atoms with Gasteiger partial charge in [0.15, 0.2) is 5.76 Å². The monoisotopic (exact) mass is 472 g/mol. The van der Waals surface area contributed by atoms with Gasteiger partial charge in [-0.2, -0.15) is 4.31 Å². The van der Waals surface area contributed by atoms with Crippen molar-refractivity contribution >= 4 is 21.6 Å². The number of carbonyl (C=O) groups excluding carboxylic acids is 1. The van der Waals surface area contributed by atoms with Gasteiger partial charge in [0, 0.05) is 31.9 Å². The molecule has 10 heteroatoms. The minimum Gasteiger partial charge on any atom is -0.360 e. The molecular formula is C23H25FN4O4S. The first-order chi connectivity index (χ1) is 15.8. The minimum absolute atomic E-state index is 0.101. The van der Waals surface area contributed by atoms with E-state index in [2.05, 4.69) is 10.5 Å². The van der Waals surface area contributed by atoms with E-state index in [1.807, 2.05) is 35.2 Å². The van der Waals surface area contributed by atoms with Crippen LogP contribution >= 0.6 is 0 Å². The maximum absolute atomic E-state index is 13.3. The summed E-state index contributed by atoms with van der Waals surface area (Å²) in [6.45, 7) is 4.34. The van der Waals surface area contributed by atoms with E-state index < -0.39 is 16.1 Å². The topological polar surface area (TPSA) is 95.8 Å². The first-order valence-corrected chi connectivity index (χ1v) is 12.0. The predicted molar refractivity (Wildman–Crippen MR) is 121 cm³/mol. The molecule has 0 unspecified atom stereocenters. The van der Waals surface area contributed by atoms with E-state index in [4.69, 9.17) is 4.52 Å². The van der Waals surface area contributed by atoms with Gasteiger partial charge in [-0.3, -0.25) is 9.69 Å². The number of anilines is 1. The van der Waals surface area contributed by atoms with Crippen molar-refractivity contribution in [2.45, 2.75) is 24.8 Å². The number of hydrogen-bond acceptors (Lipinski definition) is 6. The minimum atomic E-state index is -3.75. The molecule has 1 aromatic heterocycles. The molecule has 3 aromatic rings. The molecule has 2 aromatic carbocycles. The Morgan fingerprint density at radius 1 is 1.03 bits per heavy atom. The van der Waals surface area contributed by atoms with Gasteiger partial charge in [-0.1, -0.05) is 35.5 Å². The number of aromatic nitrogens is 1. The number of hydrogen-bond donors (Lipinski definition) is 1. The Kier molecular flexibility index (Phi) is 6.59. The lowest BCUT2D eigenvalue weighted by Crippen LogP contribution is -2.51. The fraction of sp³-hybridized carbons (Fsp3) is 0.304. The van der Waals surface area contributed by atoms with Crippen LogP contribution in [0.1, 0.15) is 23.1 Å². The molecule has 33 heavy (non-hydrogen) atoms. The van der Waals surface area contributed by atoms with Gasteiger partial charge >= 0.3 is 0 Å². The van der Waals surface area contributed by atoms with Crippen LogP contribution < -0.4 is 5.32 Å². The Balaban J connectivity index is 1.53. The molecule has 1 saturated heterocycles. The summed E-state index contributed by atoms with van der Waals surface area (Å²) in [5.74, 6) is -0.395. The van der Waals surface area contributed by atoms with Gasteiger partial charge in [0.05, 0.1) is 0 Å². The van der Waals surface area contributed by atoms with Gasteiger partial charge in [-0.05, 0) is 43.7 Å². The molecule has 1 atom stereocenters. The second kappa shape index (κ2) is 9.42. The van der Waals surface area contributed by atoms with Gasteiger partial charge in [-0.25, -0.2) is 12.8 Å². The first-order valence-electron chi connectivity index (χ1n) is 10.6. The molecule has 1 fully saturated rings. The zero-order chi connectivity index (χ0) is 23.6. The summed E-state index contributed by atoms with van der Waals surface area (Å²) in [6, 6.07) is 14.2. The Bertz CT molecular complexity index is 1200. The van der Waals surface area contributed by atoms with E-state index >= 15 is 0 Å². The third-order valence-corrected chi connectivity index (χ3v) is 7.82. The van der Waals surface area contributed by atoms with Crippen molar-refractivity contribution < 1.29 is 22.1 Å². The lowest BCUT2D eigenvalue weighted by Gasteiger charge is -2.38. The van der Waals surface area contributed by atoms with Crippen molar-refractivity contribution in [2.75, 3.05) is 31.5 Å². The van der Waals surface area contributed by atoms with Gasteiger partial charge in [-0.15, -0.1) is 0 Å². The van der Waals surface area contributed by atoms with Crippen LogP contribution in [0.3, 0.4) is 0 Å². The van der Waals surface area contributed by atoms with Gasteiger partial charge < -0.3 is 9.84 Å². The maximum atomic E-state index is 13.3. The highest BCUT2D eigenvalue weighted by molar-refractivity contribution is 7.89. The molecule has 1 aliphatic heterocycles. The lowest BCUT2D eigenvalue weighted by molar-refractivity contribution is -0.122. The highest BCUT2D eigenvalue weighted by Gasteiger charge is 2.36. The van der Waals surface area contributed by atoms with Gasteiger partial charge in [0.25, 0.3) is 0 Å². The molecule has 0 aliphatic carbocycles. The van der Waals surface area contributed by atoms with E-state index in [1.165, 1.54) is 28.6 Å². The number of halogens is 1. The van der Waals surface area contributed by atoms with Crippen molar-refractivity contribution in [1.29, 1.82) is 0 Å². The molecule has 0 spiro atoms. The van der Waals surface area contributed by atoms with Crippen LogP contribution in [-0.4, -0.2) is 54.9 Å². The Hall–Kier alpha value is -3.08. The van der Waals surface area contributed by atoms with Crippen LogP contribution in [-0.2, 0) is 14.8 Å². The zero-order valence-electron chi connectivity index (χ0n) is 18.4. The number of amides is 1. The van der Waals surface area contributed by atoms with Crippen molar-refractivity contribution in [3.8, 4) is 0 Å². The predicted octanol–water partition coefficient (Wildman–Crippen LogP) is 3.12. The van der Waals surface area contributed by atoms with Crippen molar-refractivity contribution in [2.24, 2.45) is 0 Å². The average Bonchev–Trinajstić information content (AvgIpc) is 3.15. The largest absolute Gasteiger partial charge is 0.360 e. The van der Waals surface area contributed by atoms with Crippen LogP contribution in [0.4, 0.5) is 10.1 Å². The summed E-state index contributed by atoms with van der Waals surface area (Å²) in [4.78, 5) is 15.3. The molecule has 0 bridgehead atoms. The fourth-order valence-electron chi connectivity index (χ4n) is 4.08. The van der Waals surface area contributed by atoms with Crippen molar-refractivity contribution in [3.05, 3.63) is 77.4 Å². The van der Waals surface area contributed by atoms with Crippen molar-refractivity contribution in [1.82, 2.24) is 14.4 Å². The summed E-state index contributed by atoms with van der Waals surface area (Å²) >= 11 is 0. The Morgan fingerprint density at radius 3 is 2.24 bits per heavy atom. The lowest BCUT2D eigenvalue weighted by atomic mass is 10.0. The summed E-state index contributed by atoms with van der Waals surface area (Å²) in [7, 11) is -3.75. The summed E-state index contributed by atoms with van der Waals surface area (Å²) in [6.07, 6.45) is 0. The van der Waals surface area contributed by atoms with E-state index in [1.54, 1.807) is 13.8 Å². The number of rotatable bonds is 6. The standard InChI is InChI=1S/C23H25FN4O4S/c1-16-22(17(2)32-26-16)33(30,31)28-14-12-27(13-15-28)21(18-6-4-3-5-7-18)23(29)25-20-10-8-19(24)9-11-20/h3-11,21H,12-15H2,1-2H3,(H,25,29)/t21-/m1/s1. The van der Waals surface area contributed by atoms with Gasteiger partial charge in [0.2, 0.25) is 15.9 Å². The Labute approximate surface area is 192 Å². The number of carbonyl (C=O) groups is 1. The molecule has 4 rings (SSSR count). The number of aryl methyl sites for hydroxylation is 2. The first kappa shape index (κ1) is 23.1.